The molecule has 3 aromatic rings. The molecule has 1 saturated heterocycles. The number of amides is 2. The zero-order valence-electron chi connectivity index (χ0n) is 23.5. The highest BCUT2D eigenvalue weighted by atomic mass is 32.2. The van der Waals surface area contributed by atoms with Crippen LogP contribution in [0, 0.1) is 6.92 Å². The molecular weight excluding hydrogens is 514 g/mol. The number of aryl methyl sites for hydroxylation is 1. The topological polar surface area (TPSA) is 52.7 Å². The van der Waals surface area contributed by atoms with Crippen LogP contribution in [0.1, 0.15) is 58.3 Å². The molecule has 5 rings (SSSR count). The lowest BCUT2D eigenvalue weighted by Gasteiger charge is -2.44. The Morgan fingerprint density at radius 1 is 1.00 bits per heavy atom. The number of nitrogens with zero attached hydrogens (tertiary/aromatic N) is 2. The van der Waals surface area contributed by atoms with E-state index in [4.69, 9.17) is 0 Å². The molecular formula is C34H39N3O2S. The van der Waals surface area contributed by atoms with Crippen molar-refractivity contribution < 1.29 is 9.59 Å². The molecule has 2 atom stereocenters. The van der Waals surface area contributed by atoms with E-state index in [0.29, 0.717) is 29.9 Å². The molecule has 6 heteroatoms. The number of nitrogens with one attached hydrogen (secondary N) is 1. The minimum atomic E-state index is -0.0789. The first kappa shape index (κ1) is 28.2. The third kappa shape index (κ3) is 7.23. The van der Waals surface area contributed by atoms with Gasteiger partial charge in [0, 0.05) is 43.0 Å². The van der Waals surface area contributed by atoms with E-state index >= 15 is 0 Å². The van der Waals surface area contributed by atoms with E-state index in [1.165, 1.54) is 29.5 Å². The third-order valence-corrected chi connectivity index (χ3v) is 9.20. The maximum Gasteiger partial charge on any atom is 0.260 e. The standard InChI is InChI=1S/C34H39N3O2S/c1-25-9-8-12-28(21-25)24-37-30-13-6-7-14-31(30)40-32(34(37)39)22-26-15-17-29(18-16-26)33(38)35-19-20-36(2)23-27-10-4-3-5-11-27/h3-5,8-12,15-18,21-22,30-31H,6-7,13-14,19-20,23-24H2,1-2H3,(H,35,38)/b32-22+. The Labute approximate surface area is 242 Å². The van der Waals surface area contributed by atoms with Gasteiger partial charge in [0.2, 0.25) is 0 Å². The Morgan fingerprint density at radius 3 is 2.52 bits per heavy atom. The van der Waals surface area contributed by atoms with E-state index in [1.807, 2.05) is 48.5 Å². The van der Waals surface area contributed by atoms with Crippen molar-refractivity contribution in [2.24, 2.45) is 0 Å². The van der Waals surface area contributed by atoms with Crippen molar-refractivity contribution >= 4 is 29.7 Å². The van der Waals surface area contributed by atoms with Gasteiger partial charge in [-0.05, 0) is 61.7 Å². The average Bonchev–Trinajstić information content (AvgIpc) is 2.96. The van der Waals surface area contributed by atoms with Crippen molar-refractivity contribution in [3.8, 4) is 0 Å². The average molecular weight is 554 g/mol. The molecule has 0 radical (unpaired) electrons. The van der Waals surface area contributed by atoms with E-state index < -0.39 is 0 Å². The fourth-order valence-electron chi connectivity index (χ4n) is 5.69. The summed E-state index contributed by atoms with van der Waals surface area (Å²) in [5.41, 5.74) is 5.23. The van der Waals surface area contributed by atoms with Gasteiger partial charge in [-0.3, -0.25) is 9.59 Å². The zero-order valence-corrected chi connectivity index (χ0v) is 24.3. The fraction of sp³-hybridized carbons (Fsp3) is 0.353. The Bertz CT molecular complexity index is 1340. The van der Waals surface area contributed by atoms with Crippen molar-refractivity contribution in [2.45, 2.75) is 57.0 Å². The van der Waals surface area contributed by atoms with Gasteiger partial charge in [-0.1, -0.05) is 85.1 Å². The van der Waals surface area contributed by atoms with E-state index in [1.54, 1.807) is 11.8 Å². The molecule has 2 unspecified atom stereocenters. The number of hydrogen-bond acceptors (Lipinski definition) is 4. The highest BCUT2D eigenvalue weighted by molar-refractivity contribution is 8.04. The summed E-state index contributed by atoms with van der Waals surface area (Å²) in [6.45, 7) is 4.95. The molecule has 40 heavy (non-hydrogen) atoms. The molecule has 1 heterocycles. The highest BCUT2D eigenvalue weighted by Crippen LogP contribution is 2.42. The summed E-state index contributed by atoms with van der Waals surface area (Å²) in [5.74, 6) is 0.0425. The van der Waals surface area contributed by atoms with Gasteiger partial charge < -0.3 is 15.1 Å². The molecule has 2 aliphatic rings. The lowest BCUT2D eigenvalue weighted by atomic mass is 9.92. The highest BCUT2D eigenvalue weighted by Gasteiger charge is 2.40. The van der Waals surface area contributed by atoms with E-state index in [0.717, 1.165) is 36.4 Å². The molecule has 1 saturated carbocycles. The Balaban J connectivity index is 1.21. The van der Waals surface area contributed by atoms with Crippen LogP contribution < -0.4 is 5.32 Å². The minimum Gasteiger partial charge on any atom is -0.351 e. The van der Waals surface area contributed by atoms with Crippen molar-refractivity contribution in [2.75, 3.05) is 20.1 Å². The number of fused-ring (bicyclic) bond motifs is 1. The van der Waals surface area contributed by atoms with Crippen molar-refractivity contribution in [3.05, 3.63) is 112 Å². The normalized spacial score (nSPS) is 20.0. The number of carbonyl (C=O) groups excluding carboxylic acids is 2. The van der Waals surface area contributed by atoms with E-state index in [-0.39, 0.29) is 11.8 Å². The summed E-state index contributed by atoms with van der Waals surface area (Å²) >= 11 is 1.75. The monoisotopic (exact) mass is 553 g/mol. The van der Waals surface area contributed by atoms with E-state index in [9.17, 15) is 9.59 Å². The van der Waals surface area contributed by atoms with Gasteiger partial charge in [0.25, 0.3) is 11.8 Å². The van der Waals surface area contributed by atoms with Gasteiger partial charge in [0.15, 0.2) is 0 Å². The van der Waals surface area contributed by atoms with Crippen LogP contribution in [0.5, 0.6) is 0 Å². The lowest BCUT2D eigenvalue weighted by molar-refractivity contribution is -0.130. The molecule has 208 valence electrons. The van der Waals surface area contributed by atoms with Crippen LogP contribution in [-0.4, -0.2) is 53.0 Å². The first-order chi connectivity index (χ1) is 19.5. The summed E-state index contributed by atoms with van der Waals surface area (Å²) < 4.78 is 0. The predicted octanol–water partition coefficient (Wildman–Crippen LogP) is 6.28. The van der Waals surface area contributed by atoms with Crippen LogP contribution in [0.4, 0.5) is 0 Å². The second-order valence-corrected chi connectivity index (χ2v) is 12.3. The fourth-order valence-corrected chi connectivity index (χ4v) is 7.16. The van der Waals surface area contributed by atoms with Crippen molar-refractivity contribution in [3.63, 3.8) is 0 Å². The molecule has 1 aliphatic heterocycles. The van der Waals surface area contributed by atoms with Gasteiger partial charge in [0.1, 0.15) is 0 Å². The number of likely N-dealkylation sites (N-methyl/N-ethyl adjacent to an activating group) is 1. The molecule has 1 aliphatic carbocycles. The largest absolute Gasteiger partial charge is 0.351 e. The van der Waals surface area contributed by atoms with Gasteiger partial charge in [0.05, 0.1) is 4.91 Å². The number of benzene rings is 3. The molecule has 5 nitrogen and oxygen atoms in total. The summed E-state index contributed by atoms with van der Waals surface area (Å²) in [6, 6.07) is 26.7. The Morgan fingerprint density at radius 2 is 1.75 bits per heavy atom. The molecule has 2 fully saturated rings. The second-order valence-electron chi connectivity index (χ2n) is 11.0. The molecule has 1 N–H and O–H groups in total. The number of thioether (sulfide) groups is 1. The SMILES string of the molecule is Cc1cccc(CN2C(=O)/C(=C\c3ccc(C(=O)NCCN(C)Cc4ccccc4)cc3)SC3CCCCC32)c1. The maximum atomic E-state index is 13.7. The Kier molecular flexibility index (Phi) is 9.40. The van der Waals surface area contributed by atoms with Crippen LogP contribution in [0.15, 0.2) is 83.8 Å². The minimum absolute atomic E-state index is 0.0789. The first-order valence-electron chi connectivity index (χ1n) is 14.3. The molecule has 0 bridgehead atoms. The van der Waals surface area contributed by atoms with Crippen LogP contribution >= 0.6 is 11.8 Å². The lowest BCUT2D eigenvalue weighted by Crippen LogP contribution is -2.50. The number of carbonyl (C=O) groups is 2. The summed E-state index contributed by atoms with van der Waals surface area (Å²) in [4.78, 5) is 31.5. The van der Waals surface area contributed by atoms with Gasteiger partial charge in [-0.15, -0.1) is 11.8 Å². The second kappa shape index (κ2) is 13.3. The third-order valence-electron chi connectivity index (χ3n) is 7.80. The zero-order chi connectivity index (χ0) is 27.9. The summed E-state index contributed by atoms with van der Waals surface area (Å²) in [6.07, 6.45) is 6.63. The summed E-state index contributed by atoms with van der Waals surface area (Å²) in [5, 5.41) is 3.46. The van der Waals surface area contributed by atoms with Gasteiger partial charge in [-0.25, -0.2) is 0 Å². The van der Waals surface area contributed by atoms with Gasteiger partial charge in [-0.2, -0.15) is 0 Å². The smallest absolute Gasteiger partial charge is 0.260 e. The van der Waals surface area contributed by atoms with Crippen LogP contribution in [0.2, 0.25) is 0 Å². The van der Waals surface area contributed by atoms with Crippen LogP contribution in [-0.2, 0) is 17.9 Å². The quantitative estimate of drug-likeness (QED) is 0.317. The van der Waals surface area contributed by atoms with Crippen molar-refractivity contribution in [1.82, 2.24) is 15.1 Å². The molecule has 0 spiro atoms. The maximum absolute atomic E-state index is 13.7. The molecule has 0 aromatic heterocycles. The molecule has 3 aromatic carbocycles. The number of rotatable bonds is 9. The summed E-state index contributed by atoms with van der Waals surface area (Å²) in [7, 11) is 2.06. The molecule has 2 amide bonds. The van der Waals surface area contributed by atoms with E-state index in [2.05, 4.69) is 65.5 Å². The van der Waals surface area contributed by atoms with Gasteiger partial charge >= 0.3 is 0 Å². The predicted molar refractivity (Wildman–Crippen MR) is 165 cm³/mol. The number of hydrogen-bond donors (Lipinski definition) is 1. The van der Waals surface area contributed by atoms with Crippen LogP contribution in [0.25, 0.3) is 6.08 Å². The van der Waals surface area contributed by atoms with Crippen LogP contribution in [0.3, 0.4) is 0 Å². The van der Waals surface area contributed by atoms with Crippen molar-refractivity contribution in [1.29, 1.82) is 0 Å². The Hall–Kier alpha value is -3.35. The first-order valence-corrected chi connectivity index (χ1v) is 15.2.